The van der Waals surface area contributed by atoms with Crippen molar-refractivity contribution in [2.24, 2.45) is 0 Å². The van der Waals surface area contributed by atoms with Crippen molar-refractivity contribution < 1.29 is 9.90 Å². The summed E-state index contributed by atoms with van der Waals surface area (Å²) < 4.78 is 0. The molecule has 5 heteroatoms. The number of halogens is 1. The van der Waals surface area contributed by atoms with Gasteiger partial charge in [0, 0.05) is 5.69 Å². The van der Waals surface area contributed by atoms with E-state index in [0.29, 0.717) is 17.9 Å². The van der Waals surface area contributed by atoms with Crippen LogP contribution in [0.5, 0.6) is 0 Å². The van der Waals surface area contributed by atoms with Gasteiger partial charge in [-0.2, -0.15) is 0 Å². The van der Waals surface area contributed by atoms with Gasteiger partial charge in [0.15, 0.2) is 5.69 Å². The maximum atomic E-state index is 10.6. The van der Waals surface area contributed by atoms with Gasteiger partial charge in [0.2, 0.25) is 0 Å². The quantitative estimate of drug-likeness (QED) is 0.751. The number of rotatable bonds is 3. The third kappa shape index (κ3) is 2.39. The molecule has 0 aliphatic heterocycles. The molecule has 0 aliphatic carbocycles. The standard InChI is InChI=1S/C8H9ClN2O2/c1-2-5-3-6(8(12)13)11-7(4-9)10-5/h3H,2,4H2,1H3,(H,12,13). The van der Waals surface area contributed by atoms with Gasteiger partial charge in [0.1, 0.15) is 5.82 Å². The minimum Gasteiger partial charge on any atom is -0.477 e. The van der Waals surface area contributed by atoms with Crippen molar-refractivity contribution in [3.63, 3.8) is 0 Å². The van der Waals surface area contributed by atoms with E-state index in [1.807, 2.05) is 6.92 Å². The highest BCUT2D eigenvalue weighted by atomic mass is 35.5. The molecular formula is C8H9ClN2O2. The average molecular weight is 201 g/mol. The van der Waals surface area contributed by atoms with E-state index in [4.69, 9.17) is 16.7 Å². The van der Waals surface area contributed by atoms with E-state index in [1.54, 1.807) is 0 Å². The van der Waals surface area contributed by atoms with Crippen molar-refractivity contribution in [3.8, 4) is 0 Å². The summed E-state index contributed by atoms with van der Waals surface area (Å²) in [6.45, 7) is 1.89. The molecule has 0 aliphatic rings. The number of aromatic carboxylic acids is 1. The van der Waals surface area contributed by atoms with Crippen molar-refractivity contribution in [1.82, 2.24) is 9.97 Å². The Morgan fingerprint density at radius 2 is 2.31 bits per heavy atom. The number of nitrogens with zero attached hydrogens (tertiary/aromatic N) is 2. The fraction of sp³-hybridized carbons (Fsp3) is 0.375. The Morgan fingerprint density at radius 3 is 2.77 bits per heavy atom. The number of aryl methyl sites for hydroxylation is 1. The van der Waals surface area contributed by atoms with Gasteiger partial charge in [0.25, 0.3) is 0 Å². The molecule has 0 radical (unpaired) electrons. The number of alkyl halides is 1. The van der Waals surface area contributed by atoms with Crippen LogP contribution in [0.15, 0.2) is 6.07 Å². The van der Waals surface area contributed by atoms with E-state index < -0.39 is 5.97 Å². The Hall–Kier alpha value is -1.16. The van der Waals surface area contributed by atoms with Crippen molar-refractivity contribution in [2.45, 2.75) is 19.2 Å². The lowest BCUT2D eigenvalue weighted by atomic mass is 10.2. The van der Waals surface area contributed by atoms with Gasteiger partial charge in [-0.05, 0) is 12.5 Å². The van der Waals surface area contributed by atoms with Gasteiger partial charge >= 0.3 is 5.97 Å². The van der Waals surface area contributed by atoms with E-state index in [9.17, 15) is 4.79 Å². The molecule has 1 rings (SSSR count). The molecule has 0 bridgehead atoms. The third-order valence-corrected chi connectivity index (χ3v) is 1.77. The molecule has 1 N–H and O–H groups in total. The van der Waals surface area contributed by atoms with Crippen LogP contribution < -0.4 is 0 Å². The predicted octanol–water partition coefficient (Wildman–Crippen LogP) is 1.48. The monoisotopic (exact) mass is 200 g/mol. The van der Waals surface area contributed by atoms with Gasteiger partial charge in [-0.3, -0.25) is 0 Å². The molecule has 1 aromatic rings. The first-order chi connectivity index (χ1) is 6.17. The molecule has 0 spiro atoms. The molecule has 0 fully saturated rings. The highest BCUT2D eigenvalue weighted by molar-refractivity contribution is 6.16. The summed E-state index contributed by atoms with van der Waals surface area (Å²) in [6.07, 6.45) is 0.673. The van der Waals surface area contributed by atoms with Crippen LogP contribution in [0.4, 0.5) is 0 Å². The summed E-state index contributed by atoms with van der Waals surface area (Å²) in [7, 11) is 0. The van der Waals surface area contributed by atoms with Gasteiger partial charge in [-0.15, -0.1) is 11.6 Å². The van der Waals surface area contributed by atoms with Crippen LogP contribution in [0.25, 0.3) is 0 Å². The van der Waals surface area contributed by atoms with Gasteiger partial charge in [0.05, 0.1) is 5.88 Å². The number of aromatic nitrogens is 2. The first-order valence-electron chi connectivity index (χ1n) is 3.83. The average Bonchev–Trinajstić information content (AvgIpc) is 2.16. The summed E-state index contributed by atoms with van der Waals surface area (Å²) in [4.78, 5) is 18.4. The van der Waals surface area contributed by atoms with Crippen LogP contribution in [0.1, 0.15) is 28.9 Å². The largest absolute Gasteiger partial charge is 0.477 e. The minimum absolute atomic E-state index is 0.00231. The second-order valence-corrected chi connectivity index (χ2v) is 2.72. The van der Waals surface area contributed by atoms with Crippen LogP contribution in [0.2, 0.25) is 0 Å². The van der Waals surface area contributed by atoms with E-state index >= 15 is 0 Å². The molecule has 0 amide bonds. The molecule has 0 unspecified atom stereocenters. The zero-order chi connectivity index (χ0) is 9.84. The van der Waals surface area contributed by atoms with E-state index in [2.05, 4.69) is 9.97 Å². The minimum atomic E-state index is -1.05. The van der Waals surface area contributed by atoms with E-state index in [0.717, 1.165) is 0 Å². The van der Waals surface area contributed by atoms with Crippen LogP contribution in [0.3, 0.4) is 0 Å². The van der Waals surface area contributed by atoms with Crippen molar-refractivity contribution in [3.05, 3.63) is 23.3 Å². The molecule has 70 valence electrons. The van der Waals surface area contributed by atoms with Crippen LogP contribution in [-0.4, -0.2) is 21.0 Å². The highest BCUT2D eigenvalue weighted by Gasteiger charge is 2.08. The molecule has 0 atom stereocenters. The maximum absolute atomic E-state index is 10.6. The number of hydrogen-bond donors (Lipinski definition) is 1. The molecule has 1 heterocycles. The fourth-order valence-electron chi connectivity index (χ4n) is 0.903. The lowest BCUT2D eigenvalue weighted by Crippen LogP contribution is -2.06. The van der Waals surface area contributed by atoms with Crippen LogP contribution >= 0.6 is 11.6 Å². The van der Waals surface area contributed by atoms with Crippen LogP contribution in [0, 0.1) is 0 Å². The summed E-state index contributed by atoms with van der Waals surface area (Å²) >= 11 is 5.51. The van der Waals surface area contributed by atoms with Gasteiger partial charge in [-0.1, -0.05) is 6.92 Å². The second-order valence-electron chi connectivity index (χ2n) is 2.45. The highest BCUT2D eigenvalue weighted by Crippen LogP contribution is 2.04. The third-order valence-electron chi connectivity index (χ3n) is 1.53. The zero-order valence-electron chi connectivity index (χ0n) is 7.12. The number of carboxylic acids is 1. The summed E-state index contributed by atoms with van der Waals surface area (Å²) in [5, 5.41) is 8.69. The van der Waals surface area contributed by atoms with E-state index in [-0.39, 0.29) is 11.6 Å². The van der Waals surface area contributed by atoms with Gasteiger partial charge < -0.3 is 5.11 Å². The summed E-state index contributed by atoms with van der Waals surface area (Å²) in [5.41, 5.74) is 0.700. The number of carbonyl (C=O) groups is 1. The summed E-state index contributed by atoms with van der Waals surface area (Å²) in [5.74, 6) is -0.560. The predicted molar refractivity (Wildman–Crippen MR) is 47.9 cm³/mol. The lowest BCUT2D eigenvalue weighted by molar-refractivity contribution is 0.0689. The Kier molecular flexibility index (Phi) is 3.19. The molecular weight excluding hydrogens is 192 g/mol. The molecule has 0 aromatic carbocycles. The first-order valence-corrected chi connectivity index (χ1v) is 4.37. The Bertz CT molecular complexity index is 306. The number of carboxylic acid groups (broad SMARTS) is 1. The lowest BCUT2D eigenvalue weighted by Gasteiger charge is -2.01. The molecule has 0 saturated heterocycles. The topological polar surface area (TPSA) is 63.1 Å². The Labute approximate surface area is 80.6 Å². The number of hydrogen-bond acceptors (Lipinski definition) is 3. The zero-order valence-corrected chi connectivity index (χ0v) is 7.88. The van der Waals surface area contributed by atoms with Crippen LogP contribution in [-0.2, 0) is 12.3 Å². The first kappa shape index (κ1) is 9.92. The summed E-state index contributed by atoms with van der Waals surface area (Å²) in [6, 6.07) is 1.46. The van der Waals surface area contributed by atoms with Crippen molar-refractivity contribution in [2.75, 3.05) is 0 Å². The van der Waals surface area contributed by atoms with Gasteiger partial charge in [-0.25, -0.2) is 14.8 Å². The Balaban J connectivity index is 3.14. The molecule has 4 nitrogen and oxygen atoms in total. The van der Waals surface area contributed by atoms with Crippen molar-refractivity contribution >= 4 is 17.6 Å². The molecule has 0 saturated carbocycles. The fourth-order valence-corrected chi connectivity index (χ4v) is 1.02. The second kappa shape index (κ2) is 4.18. The SMILES string of the molecule is CCc1cc(C(=O)O)nc(CCl)n1. The molecule has 13 heavy (non-hydrogen) atoms. The maximum Gasteiger partial charge on any atom is 0.354 e. The molecule has 1 aromatic heterocycles. The Morgan fingerprint density at radius 1 is 1.62 bits per heavy atom. The normalized spacial score (nSPS) is 10.0. The van der Waals surface area contributed by atoms with E-state index in [1.165, 1.54) is 6.07 Å². The smallest absolute Gasteiger partial charge is 0.354 e. The van der Waals surface area contributed by atoms with Crippen molar-refractivity contribution in [1.29, 1.82) is 0 Å².